The highest BCUT2D eigenvalue weighted by Gasteiger charge is 2.35. The van der Waals surface area contributed by atoms with Gasteiger partial charge in [-0.3, -0.25) is 0 Å². The Bertz CT molecular complexity index is 1400. The average Bonchev–Trinajstić information content (AvgIpc) is 3.03. The Balaban J connectivity index is 1.40. The molecule has 9 heteroatoms. The van der Waals surface area contributed by atoms with Gasteiger partial charge in [-0.05, 0) is 75.5 Å². The first-order chi connectivity index (χ1) is 22.6. The summed E-state index contributed by atoms with van der Waals surface area (Å²) in [7, 11) is -1.97. The third-order valence-corrected chi connectivity index (χ3v) is 11.7. The molecule has 0 spiro atoms. The van der Waals surface area contributed by atoms with Crippen LogP contribution in [0.1, 0.15) is 115 Å². The van der Waals surface area contributed by atoms with Gasteiger partial charge in [0.25, 0.3) is 0 Å². The number of ether oxygens (including phenoxy) is 1. The van der Waals surface area contributed by atoms with E-state index in [1.54, 1.807) is 24.3 Å². The maximum atomic E-state index is 14.0. The van der Waals surface area contributed by atoms with Crippen molar-refractivity contribution in [1.82, 2.24) is 0 Å². The Morgan fingerprint density at radius 2 is 1.36 bits per heavy atom. The summed E-state index contributed by atoms with van der Waals surface area (Å²) in [6, 6.07) is 11.9. The molecule has 3 aromatic rings. The predicted octanol–water partition coefficient (Wildman–Crippen LogP) is 11.6. The molecule has 262 valence electrons. The SMILES string of the molecule is CCCCCc1ccc(-c2cc3ccc(OCCCCCCCCCCCC[Si](C)(OCC)OCC)cc3oc2=O)c(C(F)(F)F)c1. The van der Waals surface area contributed by atoms with Crippen molar-refractivity contribution in [2.45, 2.75) is 129 Å². The van der Waals surface area contributed by atoms with Crippen molar-refractivity contribution in [3.63, 3.8) is 0 Å². The molecule has 0 aliphatic rings. The van der Waals surface area contributed by atoms with Gasteiger partial charge in [0, 0.05) is 30.2 Å². The molecule has 1 heterocycles. The van der Waals surface area contributed by atoms with E-state index in [0.717, 1.165) is 51.4 Å². The molecule has 47 heavy (non-hydrogen) atoms. The minimum atomic E-state index is -4.59. The second kappa shape index (κ2) is 20.0. The number of rotatable bonds is 23. The minimum Gasteiger partial charge on any atom is -0.493 e. The van der Waals surface area contributed by atoms with E-state index < -0.39 is 25.9 Å². The monoisotopic (exact) mass is 676 g/mol. The summed E-state index contributed by atoms with van der Waals surface area (Å²) in [5.74, 6) is 0.575. The third kappa shape index (κ3) is 13.1. The van der Waals surface area contributed by atoms with Crippen molar-refractivity contribution in [2.24, 2.45) is 0 Å². The normalized spacial score (nSPS) is 12.2. The van der Waals surface area contributed by atoms with Crippen LogP contribution in [0, 0.1) is 0 Å². The zero-order valence-corrected chi connectivity index (χ0v) is 29.9. The second-order valence-electron chi connectivity index (χ2n) is 12.6. The molecule has 0 aliphatic heterocycles. The van der Waals surface area contributed by atoms with Crippen LogP contribution in [0.15, 0.2) is 51.7 Å². The molecule has 0 saturated carbocycles. The molecule has 0 N–H and O–H groups in total. The van der Waals surface area contributed by atoms with Gasteiger partial charge in [0.2, 0.25) is 0 Å². The highest BCUT2D eigenvalue weighted by atomic mass is 28.4. The van der Waals surface area contributed by atoms with Crippen LogP contribution < -0.4 is 10.4 Å². The van der Waals surface area contributed by atoms with Crippen molar-refractivity contribution < 1.29 is 31.2 Å². The number of unbranched alkanes of at least 4 members (excludes halogenated alkanes) is 11. The lowest BCUT2D eigenvalue weighted by Gasteiger charge is -2.25. The molecule has 0 atom stereocenters. The summed E-state index contributed by atoms with van der Waals surface area (Å²) in [5, 5.41) is 0.545. The number of alkyl halides is 3. The predicted molar refractivity (Wildman–Crippen MR) is 187 cm³/mol. The van der Waals surface area contributed by atoms with Gasteiger partial charge in [0.1, 0.15) is 11.3 Å². The lowest BCUT2D eigenvalue weighted by molar-refractivity contribution is -0.137. The smallest absolute Gasteiger partial charge is 0.417 e. The molecule has 0 amide bonds. The van der Waals surface area contributed by atoms with Gasteiger partial charge >= 0.3 is 20.4 Å². The maximum absolute atomic E-state index is 14.0. The molecule has 0 saturated heterocycles. The summed E-state index contributed by atoms with van der Waals surface area (Å²) < 4.78 is 65.3. The fourth-order valence-electron chi connectivity index (χ4n) is 6.11. The highest BCUT2D eigenvalue weighted by molar-refractivity contribution is 6.66. The van der Waals surface area contributed by atoms with Gasteiger partial charge in [-0.2, -0.15) is 13.2 Å². The first kappa shape index (κ1) is 38.8. The average molecular weight is 677 g/mol. The third-order valence-electron chi connectivity index (χ3n) is 8.65. The van der Waals surface area contributed by atoms with E-state index in [1.807, 2.05) is 13.8 Å². The van der Waals surface area contributed by atoms with Gasteiger partial charge in [-0.1, -0.05) is 89.7 Å². The van der Waals surface area contributed by atoms with Gasteiger partial charge < -0.3 is 18.0 Å². The maximum Gasteiger partial charge on any atom is 0.417 e. The van der Waals surface area contributed by atoms with Crippen LogP contribution in [0.25, 0.3) is 22.1 Å². The molecule has 0 bridgehead atoms. The molecule has 0 unspecified atom stereocenters. The first-order valence-corrected chi connectivity index (χ1v) is 20.3. The van der Waals surface area contributed by atoms with Gasteiger partial charge in [-0.25, -0.2) is 4.79 Å². The standard InChI is InChI=1S/C38H55F3O5Si/c1-5-8-17-20-30-21-24-33(35(27-30)38(39,40)41)34-28-31-22-23-32(29-36(31)46-37(34)42)43-25-18-15-13-11-9-10-12-14-16-19-26-47(4,44-6-2)45-7-3/h21-24,27-29H,5-20,25-26H2,1-4H3. The van der Waals surface area contributed by atoms with E-state index in [2.05, 4.69) is 13.5 Å². The van der Waals surface area contributed by atoms with Crippen LogP contribution >= 0.6 is 0 Å². The highest BCUT2D eigenvalue weighted by Crippen LogP contribution is 2.38. The number of hydrogen-bond acceptors (Lipinski definition) is 5. The Hall–Kier alpha value is -2.62. The second-order valence-corrected chi connectivity index (χ2v) is 16.0. The summed E-state index contributed by atoms with van der Waals surface area (Å²) in [6.07, 6.45) is 10.7. The van der Waals surface area contributed by atoms with Crippen LogP contribution in [0.3, 0.4) is 0 Å². The molecule has 0 radical (unpaired) electrons. The molecule has 0 fully saturated rings. The van der Waals surface area contributed by atoms with Crippen molar-refractivity contribution >= 4 is 19.5 Å². The van der Waals surface area contributed by atoms with Crippen LogP contribution in [0.4, 0.5) is 13.2 Å². The van der Waals surface area contributed by atoms with Crippen LogP contribution in [0.5, 0.6) is 5.75 Å². The van der Waals surface area contributed by atoms with E-state index in [-0.39, 0.29) is 11.1 Å². The topological polar surface area (TPSA) is 57.9 Å². The lowest BCUT2D eigenvalue weighted by Crippen LogP contribution is -2.38. The summed E-state index contributed by atoms with van der Waals surface area (Å²) >= 11 is 0. The Kier molecular flexibility index (Phi) is 16.5. The van der Waals surface area contributed by atoms with Crippen molar-refractivity contribution in [3.05, 3.63) is 64.0 Å². The van der Waals surface area contributed by atoms with E-state index in [0.29, 0.717) is 35.3 Å². The fraction of sp³-hybridized carbons (Fsp3) is 0.605. The number of halogens is 3. The number of hydrogen-bond donors (Lipinski definition) is 0. The van der Waals surface area contributed by atoms with Crippen molar-refractivity contribution in [2.75, 3.05) is 19.8 Å². The summed E-state index contributed by atoms with van der Waals surface area (Å²) in [6.45, 7) is 10.3. The lowest BCUT2D eigenvalue weighted by atomic mass is 9.95. The Morgan fingerprint density at radius 3 is 1.98 bits per heavy atom. The Morgan fingerprint density at radius 1 is 0.723 bits per heavy atom. The van der Waals surface area contributed by atoms with Gasteiger partial charge in [-0.15, -0.1) is 0 Å². The van der Waals surface area contributed by atoms with Crippen molar-refractivity contribution in [1.29, 1.82) is 0 Å². The molecule has 2 aromatic carbocycles. The number of benzene rings is 2. The molecule has 1 aromatic heterocycles. The molecular weight excluding hydrogens is 621 g/mol. The minimum absolute atomic E-state index is 0.0947. The van der Waals surface area contributed by atoms with E-state index in [9.17, 15) is 18.0 Å². The molecule has 3 rings (SSSR count). The largest absolute Gasteiger partial charge is 0.493 e. The van der Waals surface area contributed by atoms with E-state index in [4.69, 9.17) is 18.0 Å². The first-order valence-electron chi connectivity index (χ1n) is 17.8. The van der Waals surface area contributed by atoms with Gasteiger partial charge in [0.15, 0.2) is 0 Å². The van der Waals surface area contributed by atoms with E-state index >= 15 is 0 Å². The fourth-order valence-corrected chi connectivity index (χ4v) is 8.60. The quantitative estimate of drug-likeness (QED) is 0.0568. The Labute approximate surface area is 280 Å². The van der Waals surface area contributed by atoms with Crippen LogP contribution in [0.2, 0.25) is 12.6 Å². The molecule has 5 nitrogen and oxygen atoms in total. The number of aryl methyl sites for hydroxylation is 1. The van der Waals surface area contributed by atoms with Crippen LogP contribution in [-0.2, 0) is 21.4 Å². The van der Waals surface area contributed by atoms with E-state index in [1.165, 1.54) is 69.6 Å². The van der Waals surface area contributed by atoms with Crippen molar-refractivity contribution in [3.8, 4) is 16.9 Å². The summed E-state index contributed by atoms with van der Waals surface area (Å²) in [4.78, 5) is 12.9. The number of fused-ring (bicyclic) bond motifs is 1. The molecule has 0 aliphatic carbocycles. The molecular formula is C38H55F3O5Si. The van der Waals surface area contributed by atoms with Crippen LogP contribution in [-0.4, -0.2) is 28.4 Å². The zero-order chi connectivity index (χ0) is 34.1. The summed E-state index contributed by atoms with van der Waals surface area (Å²) in [5.41, 5.74) is -0.957. The zero-order valence-electron chi connectivity index (χ0n) is 28.9. The van der Waals surface area contributed by atoms with Gasteiger partial charge in [0.05, 0.1) is 17.7 Å².